The van der Waals surface area contributed by atoms with Crippen molar-refractivity contribution in [2.45, 2.75) is 13.1 Å². The van der Waals surface area contributed by atoms with Crippen molar-refractivity contribution in [1.82, 2.24) is 10.3 Å². The fraction of sp³-hybridized carbons (Fsp3) is 0.250. The smallest absolute Gasteiger partial charge is 0.243 e. The number of rotatable bonds is 0. The maximum atomic E-state index is 12.8. The lowest BCUT2D eigenvalue weighted by Gasteiger charge is -2.13. The number of benzene rings is 1. The van der Waals surface area contributed by atoms with E-state index in [1.165, 1.54) is 6.92 Å². The van der Waals surface area contributed by atoms with Crippen molar-refractivity contribution in [3.8, 4) is 0 Å². The van der Waals surface area contributed by atoms with Crippen molar-refractivity contribution in [3.63, 3.8) is 0 Å². The van der Waals surface area contributed by atoms with E-state index in [1.807, 2.05) is 0 Å². The van der Waals surface area contributed by atoms with Gasteiger partial charge in [-0.25, -0.2) is 4.63 Å². The molecule has 3 nitrogen and oxygen atoms in total. The molecule has 0 aliphatic heterocycles. The first kappa shape index (κ1) is 12.1. The van der Waals surface area contributed by atoms with Crippen molar-refractivity contribution < 1.29 is 17.8 Å². The lowest BCUT2D eigenvalue weighted by molar-refractivity contribution is -0.138. The Kier molecular flexibility index (Phi) is 2.89. The van der Waals surface area contributed by atoms with Gasteiger partial charge in [-0.2, -0.15) is 13.2 Å². The first-order valence-electron chi connectivity index (χ1n) is 4.01. The van der Waals surface area contributed by atoms with Gasteiger partial charge in [-0.1, -0.05) is 0 Å². The van der Waals surface area contributed by atoms with E-state index in [0.717, 1.165) is 0 Å². The quantitative estimate of drug-likeness (QED) is 0.622. The fourth-order valence-corrected chi connectivity index (χ4v) is 2.91. The summed E-state index contributed by atoms with van der Waals surface area (Å²) in [5.41, 5.74) is -0.205. The molecule has 0 N–H and O–H groups in total. The number of aromatic nitrogens is 2. The average molecular weight is 407 g/mol. The molecule has 0 aliphatic carbocycles. The highest BCUT2D eigenvalue weighted by Crippen LogP contribution is 2.41. The Balaban J connectivity index is 2.94. The van der Waals surface area contributed by atoms with E-state index in [4.69, 9.17) is 0 Å². The molecule has 0 bridgehead atoms. The maximum Gasteiger partial charge on any atom is 0.417 e. The molecule has 0 amide bonds. The molecule has 16 heavy (non-hydrogen) atoms. The van der Waals surface area contributed by atoms with Crippen molar-refractivity contribution >= 4 is 49.6 Å². The largest absolute Gasteiger partial charge is 0.417 e. The zero-order valence-electron chi connectivity index (χ0n) is 7.69. The van der Waals surface area contributed by atoms with Crippen LogP contribution in [0.15, 0.2) is 9.10 Å². The van der Waals surface area contributed by atoms with Crippen LogP contribution >= 0.6 is 38.5 Å². The molecule has 0 aliphatic rings. The van der Waals surface area contributed by atoms with Gasteiger partial charge in [0.1, 0.15) is 5.52 Å². The maximum absolute atomic E-state index is 12.8. The first-order chi connectivity index (χ1) is 7.34. The summed E-state index contributed by atoms with van der Waals surface area (Å²) in [5, 5.41) is 7.03. The molecular weight excluding hydrogens is 404 g/mol. The van der Waals surface area contributed by atoms with E-state index in [1.54, 1.807) is 22.6 Å². The molecule has 1 heterocycles. The monoisotopic (exact) mass is 406 g/mol. The highest BCUT2D eigenvalue weighted by atomic mass is 127. The predicted octanol–water partition coefficient (Wildman–Crippen LogP) is 3.92. The Hall–Kier alpha value is -0.380. The van der Waals surface area contributed by atoms with Gasteiger partial charge < -0.3 is 0 Å². The van der Waals surface area contributed by atoms with Crippen LogP contribution in [0.3, 0.4) is 0 Å². The van der Waals surface area contributed by atoms with Gasteiger partial charge in [0.15, 0.2) is 5.52 Å². The third-order valence-electron chi connectivity index (χ3n) is 2.11. The average Bonchev–Trinajstić information content (AvgIpc) is 2.61. The SMILES string of the molecule is Cc1c(C(F)(F)F)c(I)c2nonc2c1Br. The minimum Gasteiger partial charge on any atom is -0.243 e. The molecule has 86 valence electrons. The van der Waals surface area contributed by atoms with Crippen LogP contribution in [0.25, 0.3) is 11.0 Å². The molecule has 2 aromatic rings. The summed E-state index contributed by atoms with van der Waals surface area (Å²) < 4.78 is 43.2. The Labute approximate surface area is 110 Å². The van der Waals surface area contributed by atoms with Gasteiger partial charge in [0.25, 0.3) is 0 Å². The molecule has 0 spiro atoms. The molecule has 1 aromatic carbocycles. The second kappa shape index (κ2) is 3.83. The summed E-state index contributed by atoms with van der Waals surface area (Å²) in [5.74, 6) is 0. The summed E-state index contributed by atoms with van der Waals surface area (Å²) in [7, 11) is 0. The first-order valence-corrected chi connectivity index (χ1v) is 5.88. The van der Waals surface area contributed by atoms with Crippen LogP contribution in [-0.4, -0.2) is 10.3 Å². The topological polar surface area (TPSA) is 38.9 Å². The van der Waals surface area contributed by atoms with Crippen LogP contribution in [0.2, 0.25) is 0 Å². The Morgan fingerprint density at radius 2 is 1.81 bits per heavy atom. The second-order valence-corrected chi connectivity index (χ2v) is 4.96. The van der Waals surface area contributed by atoms with Crippen molar-refractivity contribution in [2.75, 3.05) is 0 Å². The van der Waals surface area contributed by atoms with Crippen molar-refractivity contribution in [1.29, 1.82) is 0 Å². The van der Waals surface area contributed by atoms with Crippen LogP contribution in [0.4, 0.5) is 13.2 Å². The second-order valence-electron chi connectivity index (χ2n) is 3.09. The van der Waals surface area contributed by atoms with E-state index >= 15 is 0 Å². The molecule has 0 fully saturated rings. The number of hydrogen-bond donors (Lipinski definition) is 0. The van der Waals surface area contributed by atoms with Crippen LogP contribution < -0.4 is 0 Å². The standard InChI is InChI=1S/C8H3BrF3IN2O/c1-2-3(8(10,11)12)5(13)7-6(4(2)9)14-16-15-7/h1H3. The van der Waals surface area contributed by atoms with E-state index in [2.05, 4.69) is 30.9 Å². The van der Waals surface area contributed by atoms with Crippen LogP contribution in [0, 0.1) is 10.5 Å². The number of fused-ring (bicyclic) bond motifs is 1. The Bertz CT molecular complexity index is 566. The van der Waals surface area contributed by atoms with Crippen molar-refractivity contribution in [3.05, 3.63) is 19.2 Å². The normalized spacial score (nSPS) is 12.4. The molecular formula is C8H3BrF3IN2O. The van der Waals surface area contributed by atoms with Gasteiger partial charge in [-0.3, -0.25) is 0 Å². The fourth-order valence-electron chi connectivity index (χ4n) is 1.38. The lowest BCUT2D eigenvalue weighted by Crippen LogP contribution is -2.11. The van der Waals surface area contributed by atoms with Crippen LogP contribution in [0.1, 0.15) is 11.1 Å². The minimum atomic E-state index is -4.42. The molecule has 8 heteroatoms. The van der Waals surface area contributed by atoms with E-state index in [-0.39, 0.29) is 19.1 Å². The Morgan fingerprint density at radius 3 is 2.38 bits per heavy atom. The predicted molar refractivity (Wildman–Crippen MR) is 62.0 cm³/mol. The van der Waals surface area contributed by atoms with Gasteiger partial charge in [-0.05, 0) is 61.3 Å². The van der Waals surface area contributed by atoms with Crippen LogP contribution in [0.5, 0.6) is 0 Å². The molecule has 2 rings (SSSR count). The molecule has 0 atom stereocenters. The minimum absolute atomic E-state index is 0.00190. The van der Waals surface area contributed by atoms with Gasteiger partial charge in [-0.15, -0.1) is 0 Å². The third-order valence-corrected chi connectivity index (χ3v) is 4.13. The number of nitrogens with zero attached hydrogens (tertiary/aromatic N) is 2. The highest BCUT2D eigenvalue weighted by molar-refractivity contribution is 14.1. The number of hydrogen-bond acceptors (Lipinski definition) is 3. The number of halogens is 5. The Morgan fingerprint density at radius 1 is 1.25 bits per heavy atom. The van der Waals surface area contributed by atoms with Crippen LogP contribution in [-0.2, 0) is 6.18 Å². The number of alkyl halides is 3. The molecule has 0 unspecified atom stereocenters. The summed E-state index contributed by atoms with van der Waals surface area (Å²) in [4.78, 5) is 0. The zero-order chi connectivity index (χ0) is 12.1. The summed E-state index contributed by atoms with van der Waals surface area (Å²) in [6.07, 6.45) is -4.42. The molecule has 0 radical (unpaired) electrons. The van der Waals surface area contributed by atoms with E-state index in [0.29, 0.717) is 5.52 Å². The van der Waals surface area contributed by atoms with E-state index in [9.17, 15) is 13.2 Å². The third kappa shape index (κ3) is 1.71. The highest BCUT2D eigenvalue weighted by Gasteiger charge is 2.37. The van der Waals surface area contributed by atoms with Crippen molar-refractivity contribution in [2.24, 2.45) is 0 Å². The summed E-state index contributed by atoms with van der Waals surface area (Å²) in [6.45, 7) is 1.38. The summed E-state index contributed by atoms with van der Waals surface area (Å²) >= 11 is 4.67. The molecule has 0 saturated carbocycles. The zero-order valence-corrected chi connectivity index (χ0v) is 11.4. The summed E-state index contributed by atoms with van der Waals surface area (Å²) in [6, 6.07) is 0. The molecule has 0 saturated heterocycles. The molecule has 1 aromatic heterocycles. The van der Waals surface area contributed by atoms with Gasteiger partial charge in [0, 0.05) is 0 Å². The van der Waals surface area contributed by atoms with E-state index < -0.39 is 11.7 Å². The van der Waals surface area contributed by atoms with Gasteiger partial charge >= 0.3 is 6.18 Å². The van der Waals surface area contributed by atoms with Gasteiger partial charge in [0.2, 0.25) is 0 Å². The van der Waals surface area contributed by atoms with Gasteiger partial charge in [0.05, 0.1) is 13.6 Å². The lowest BCUT2D eigenvalue weighted by atomic mass is 10.1.